The fourth-order valence-electron chi connectivity index (χ4n) is 2.29. The molecule has 0 bridgehead atoms. The number of hydrogen-bond donors (Lipinski definition) is 1. The highest BCUT2D eigenvalue weighted by Gasteiger charge is 2.25. The van der Waals surface area contributed by atoms with Crippen molar-refractivity contribution in [3.8, 4) is 5.75 Å². The van der Waals surface area contributed by atoms with Gasteiger partial charge >= 0.3 is 5.97 Å². The van der Waals surface area contributed by atoms with Gasteiger partial charge in [0, 0.05) is 24.6 Å². The Morgan fingerprint density at radius 2 is 2.04 bits per heavy atom. The van der Waals surface area contributed by atoms with Crippen LogP contribution in [0.1, 0.15) is 16.1 Å². The minimum atomic E-state index is -1.09. The Morgan fingerprint density at radius 1 is 1.30 bits per heavy atom. The quantitative estimate of drug-likeness (QED) is 0.838. The van der Waals surface area contributed by atoms with Crippen LogP contribution in [0.3, 0.4) is 0 Å². The van der Waals surface area contributed by atoms with Gasteiger partial charge in [-0.15, -0.1) is 0 Å². The molecule has 0 saturated heterocycles. The van der Waals surface area contributed by atoms with Crippen molar-refractivity contribution in [2.45, 2.75) is 6.92 Å². The number of furan rings is 1. The number of carbonyl (C=O) groups excluding carboxylic acids is 1. The summed E-state index contributed by atoms with van der Waals surface area (Å²) in [5, 5.41) is 9.73. The van der Waals surface area contributed by atoms with Gasteiger partial charge in [0.1, 0.15) is 17.9 Å². The first-order valence-electron chi connectivity index (χ1n) is 7.05. The smallest absolute Gasteiger partial charge is 0.323 e. The maximum Gasteiger partial charge on any atom is 0.323 e. The summed E-state index contributed by atoms with van der Waals surface area (Å²) in [6.45, 7) is 1.75. The number of methoxy groups -OCH3 is 2. The Hall–Kier alpha value is -2.54. The lowest BCUT2D eigenvalue weighted by molar-refractivity contribution is -0.137. The first kappa shape index (κ1) is 16.8. The van der Waals surface area contributed by atoms with Crippen LogP contribution < -0.4 is 4.74 Å². The summed E-state index contributed by atoms with van der Waals surface area (Å²) in [4.78, 5) is 24.8. The van der Waals surface area contributed by atoms with Crippen molar-refractivity contribution in [3.63, 3.8) is 0 Å². The number of hydrogen-bond acceptors (Lipinski definition) is 5. The minimum absolute atomic E-state index is 0.130. The van der Waals surface area contributed by atoms with E-state index < -0.39 is 18.4 Å². The van der Waals surface area contributed by atoms with Crippen LogP contribution in [0.4, 0.5) is 0 Å². The molecule has 0 fully saturated rings. The number of fused-ring (bicyclic) bond motifs is 1. The molecule has 1 aromatic carbocycles. The van der Waals surface area contributed by atoms with E-state index in [-0.39, 0.29) is 18.9 Å². The lowest BCUT2D eigenvalue weighted by Gasteiger charge is -2.19. The number of amides is 1. The van der Waals surface area contributed by atoms with Crippen molar-refractivity contribution >= 4 is 22.8 Å². The molecular weight excluding hydrogens is 302 g/mol. The number of carboxylic acid groups (broad SMARTS) is 1. The van der Waals surface area contributed by atoms with E-state index in [1.54, 1.807) is 32.2 Å². The van der Waals surface area contributed by atoms with Gasteiger partial charge in [-0.05, 0) is 25.1 Å². The van der Waals surface area contributed by atoms with Gasteiger partial charge in [0.05, 0.1) is 13.7 Å². The molecule has 124 valence electrons. The van der Waals surface area contributed by atoms with Gasteiger partial charge in [-0.2, -0.15) is 0 Å². The van der Waals surface area contributed by atoms with Gasteiger partial charge in [-0.1, -0.05) is 0 Å². The third-order valence-corrected chi connectivity index (χ3v) is 3.52. The normalized spacial score (nSPS) is 10.7. The lowest BCUT2D eigenvalue weighted by Crippen LogP contribution is -2.38. The third-order valence-electron chi connectivity index (χ3n) is 3.52. The highest BCUT2D eigenvalue weighted by molar-refractivity contribution is 6.00. The van der Waals surface area contributed by atoms with Gasteiger partial charge in [-0.25, -0.2) is 0 Å². The second kappa shape index (κ2) is 7.15. The number of aliphatic carboxylic acids is 1. The number of ether oxygens (including phenoxy) is 2. The molecule has 7 nitrogen and oxygen atoms in total. The molecule has 7 heteroatoms. The first-order chi connectivity index (χ1) is 11.0. The maximum absolute atomic E-state index is 12.6. The first-order valence-corrected chi connectivity index (χ1v) is 7.05. The maximum atomic E-state index is 12.6. The van der Waals surface area contributed by atoms with E-state index in [4.69, 9.17) is 19.0 Å². The van der Waals surface area contributed by atoms with Gasteiger partial charge in [0.25, 0.3) is 5.91 Å². The number of rotatable bonds is 7. The van der Waals surface area contributed by atoms with Crippen LogP contribution >= 0.6 is 0 Å². The van der Waals surface area contributed by atoms with Crippen LogP contribution in [-0.4, -0.2) is 55.8 Å². The summed E-state index contributed by atoms with van der Waals surface area (Å²) < 4.78 is 15.7. The minimum Gasteiger partial charge on any atom is -0.497 e. The zero-order valence-electron chi connectivity index (χ0n) is 13.3. The molecule has 1 aromatic heterocycles. The molecule has 0 aliphatic rings. The van der Waals surface area contributed by atoms with Crippen molar-refractivity contribution in [3.05, 3.63) is 29.5 Å². The summed E-state index contributed by atoms with van der Waals surface area (Å²) in [5.41, 5.74) is 1.20. The molecular formula is C16H19NO6. The third kappa shape index (κ3) is 3.62. The second-order valence-electron chi connectivity index (χ2n) is 5.03. The Balaban J connectivity index is 2.37. The van der Waals surface area contributed by atoms with E-state index in [2.05, 4.69) is 0 Å². The van der Waals surface area contributed by atoms with E-state index in [0.717, 1.165) is 5.39 Å². The zero-order valence-corrected chi connectivity index (χ0v) is 13.3. The van der Waals surface area contributed by atoms with Gasteiger partial charge in [0.15, 0.2) is 5.76 Å². The molecule has 1 heterocycles. The van der Waals surface area contributed by atoms with Crippen LogP contribution in [0.5, 0.6) is 5.75 Å². The fourth-order valence-corrected chi connectivity index (χ4v) is 2.29. The Morgan fingerprint density at radius 3 is 2.65 bits per heavy atom. The van der Waals surface area contributed by atoms with E-state index in [9.17, 15) is 9.59 Å². The zero-order chi connectivity index (χ0) is 17.0. The predicted molar refractivity (Wildman–Crippen MR) is 82.9 cm³/mol. The van der Waals surface area contributed by atoms with E-state index in [1.807, 2.05) is 0 Å². The van der Waals surface area contributed by atoms with Crippen molar-refractivity contribution in [2.75, 3.05) is 33.9 Å². The SMILES string of the molecule is COCCN(CC(=O)O)C(=O)c1oc2ccc(OC)cc2c1C. The molecule has 0 radical (unpaired) electrons. The van der Waals surface area contributed by atoms with E-state index in [1.165, 1.54) is 12.0 Å². The largest absolute Gasteiger partial charge is 0.497 e. The van der Waals surface area contributed by atoms with Crippen LogP contribution in [0.2, 0.25) is 0 Å². The molecule has 0 aliphatic heterocycles. The van der Waals surface area contributed by atoms with Gasteiger partial charge in [-0.3, -0.25) is 9.59 Å². The van der Waals surface area contributed by atoms with Crippen LogP contribution in [0.25, 0.3) is 11.0 Å². The highest BCUT2D eigenvalue weighted by atomic mass is 16.5. The number of aryl methyl sites for hydroxylation is 1. The summed E-state index contributed by atoms with van der Waals surface area (Å²) >= 11 is 0. The lowest BCUT2D eigenvalue weighted by atomic mass is 10.1. The van der Waals surface area contributed by atoms with Crippen molar-refractivity contribution in [1.29, 1.82) is 0 Å². The summed E-state index contributed by atoms with van der Waals surface area (Å²) in [6, 6.07) is 5.23. The summed E-state index contributed by atoms with van der Waals surface area (Å²) in [6.07, 6.45) is 0. The topological polar surface area (TPSA) is 89.2 Å². The van der Waals surface area contributed by atoms with Crippen LogP contribution in [0.15, 0.2) is 22.6 Å². The average Bonchev–Trinajstić information content (AvgIpc) is 2.86. The molecule has 0 atom stereocenters. The second-order valence-corrected chi connectivity index (χ2v) is 5.03. The highest BCUT2D eigenvalue weighted by Crippen LogP contribution is 2.29. The Labute approximate surface area is 133 Å². The van der Waals surface area contributed by atoms with Crippen LogP contribution in [-0.2, 0) is 9.53 Å². The fraction of sp³-hybridized carbons (Fsp3) is 0.375. The number of benzene rings is 1. The molecule has 0 saturated carbocycles. The monoisotopic (exact) mass is 321 g/mol. The van der Waals surface area contributed by atoms with Gasteiger partial charge < -0.3 is 23.9 Å². The average molecular weight is 321 g/mol. The predicted octanol–water partition coefficient (Wildman–Crippen LogP) is 1.92. The Bertz CT molecular complexity index is 721. The number of nitrogens with zero attached hydrogens (tertiary/aromatic N) is 1. The van der Waals surface area contributed by atoms with Crippen LogP contribution in [0, 0.1) is 6.92 Å². The van der Waals surface area contributed by atoms with Gasteiger partial charge in [0.2, 0.25) is 0 Å². The van der Waals surface area contributed by atoms with Crippen molar-refractivity contribution in [2.24, 2.45) is 0 Å². The molecule has 1 N–H and O–H groups in total. The molecule has 2 rings (SSSR count). The molecule has 0 aliphatic carbocycles. The number of carbonyl (C=O) groups is 2. The van der Waals surface area contributed by atoms with E-state index in [0.29, 0.717) is 16.9 Å². The Kier molecular flexibility index (Phi) is 5.23. The van der Waals surface area contributed by atoms with Crippen molar-refractivity contribution in [1.82, 2.24) is 4.90 Å². The number of carboxylic acids is 1. The molecule has 23 heavy (non-hydrogen) atoms. The molecule has 0 unspecified atom stereocenters. The van der Waals surface area contributed by atoms with E-state index >= 15 is 0 Å². The standard InChI is InChI=1S/C16H19NO6/c1-10-12-8-11(22-3)4-5-13(12)23-15(10)16(20)17(6-7-21-2)9-14(18)19/h4-5,8H,6-7,9H2,1-3H3,(H,18,19). The summed E-state index contributed by atoms with van der Waals surface area (Å²) in [5.74, 6) is -0.783. The molecule has 0 spiro atoms. The van der Waals surface area contributed by atoms with Crippen molar-refractivity contribution < 1.29 is 28.6 Å². The molecule has 1 amide bonds. The summed E-state index contributed by atoms with van der Waals surface area (Å²) in [7, 11) is 3.05. The molecule has 2 aromatic rings.